The first-order valence-corrected chi connectivity index (χ1v) is 7.68. The van der Waals surface area contributed by atoms with Gasteiger partial charge < -0.3 is 9.15 Å². The summed E-state index contributed by atoms with van der Waals surface area (Å²) in [7, 11) is 0. The Morgan fingerprint density at radius 1 is 1.19 bits per heavy atom. The van der Waals surface area contributed by atoms with Crippen LogP contribution in [-0.2, 0) is 0 Å². The first-order valence-electron chi connectivity index (χ1n) is 7.68. The molecule has 0 aliphatic heterocycles. The van der Waals surface area contributed by atoms with Crippen LogP contribution in [0, 0.1) is 17.0 Å². The second-order valence-corrected chi connectivity index (χ2v) is 5.42. The van der Waals surface area contributed by atoms with Crippen LogP contribution in [0.4, 0.5) is 11.4 Å². The Hall–Kier alpha value is -3.74. The molecule has 0 aliphatic rings. The lowest BCUT2D eigenvalue weighted by Crippen LogP contribution is -2.06. The molecule has 2 aromatic carbocycles. The summed E-state index contributed by atoms with van der Waals surface area (Å²) in [5, 5.41) is 10.9. The van der Waals surface area contributed by atoms with Crippen molar-refractivity contribution in [2.75, 3.05) is 0 Å². The molecule has 0 saturated heterocycles. The maximum absolute atomic E-state index is 11.8. The largest absolute Gasteiger partial charge is 0.457 e. The summed E-state index contributed by atoms with van der Waals surface area (Å²) in [6, 6.07) is 14.3. The summed E-state index contributed by atoms with van der Waals surface area (Å²) in [6.45, 7) is 1.83. The molecule has 0 bridgehead atoms. The van der Waals surface area contributed by atoms with Gasteiger partial charge in [0.15, 0.2) is 0 Å². The molecule has 0 aliphatic carbocycles. The number of hydrogen-bond donors (Lipinski definition) is 0. The van der Waals surface area contributed by atoms with E-state index in [4.69, 9.17) is 9.15 Å². The van der Waals surface area contributed by atoms with E-state index in [1.807, 2.05) is 6.92 Å². The van der Waals surface area contributed by atoms with Crippen LogP contribution in [0.3, 0.4) is 0 Å². The van der Waals surface area contributed by atoms with Crippen LogP contribution in [0.5, 0.6) is 5.75 Å². The van der Waals surface area contributed by atoms with E-state index in [2.05, 4.69) is 4.99 Å². The molecule has 0 fully saturated rings. The van der Waals surface area contributed by atoms with Crippen LogP contribution in [0.1, 0.15) is 21.7 Å². The number of aliphatic imine (C=N–C) groups is 1. The normalized spacial score (nSPS) is 10.8. The Balaban J connectivity index is 1.71. The molecule has 0 N–H and O–H groups in total. The molecule has 0 amide bonds. The molecule has 7 heteroatoms. The van der Waals surface area contributed by atoms with Gasteiger partial charge in [0.1, 0.15) is 5.75 Å². The third-order valence-electron chi connectivity index (χ3n) is 3.57. The van der Waals surface area contributed by atoms with Gasteiger partial charge in [0.2, 0.25) is 5.76 Å². The van der Waals surface area contributed by atoms with Crippen molar-refractivity contribution < 1.29 is 18.9 Å². The highest BCUT2D eigenvalue weighted by atomic mass is 16.6. The lowest BCUT2D eigenvalue weighted by Gasteiger charge is -2.03. The van der Waals surface area contributed by atoms with Crippen LogP contribution in [0.25, 0.3) is 0 Å². The highest BCUT2D eigenvalue weighted by Gasteiger charge is 2.11. The van der Waals surface area contributed by atoms with Gasteiger partial charge in [0.05, 0.1) is 16.9 Å². The molecular formula is C19H14N2O5. The third kappa shape index (κ3) is 4.02. The van der Waals surface area contributed by atoms with Crippen molar-refractivity contribution in [2.45, 2.75) is 6.92 Å². The number of hydrogen-bond acceptors (Lipinski definition) is 6. The number of nitro benzene ring substituents is 1. The summed E-state index contributed by atoms with van der Waals surface area (Å²) in [5.74, 6) is -0.0875. The second-order valence-electron chi connectivity index (χ2n) is 5.42. The molecule has 130 valence electrons. The molecular weight excluding hydrogens is 336 g/mol. The standard InChI is InChI=1S/C19H14N2O5/c1-13-4-7-15(21(23)24)11-17(13)20-12-14-5-8-16(9-6-14)26-19(22)18-3-2-10-25-18/h2-12H,1H3. The van der Waals surface area contributed by atoms with E-state index in [1.54, 1.807) is 42.6 Å². The van der Waals surface area contributed by atoms with Gasteiger partial charge in [-0.2, -0.15) is 0 Å². The molecule has 26 heavy (non-hydrogen) atoms. The van der Waals surface area contributed by atoms with Crippen LogP contribution in [-0.4, -0.2) is 17.1 Å². The van der Waals surface area contributed by atoms with E-state index in [0.717, 1.165) is 11.1 Å². The number of nitro groups is 1. The van der Waals surface area contributed by atoms with Gasteiger partial charge >= 0.3 is 5.97 Å². The van der Waals surface area contributed by atoms with Gasteiger partial charge in [-0.15, -0.1) is 0 Å². The van der Waals surface area contributed by atoms with Crippen LogP contribution in [0.15, 0.2) is 70.3 Å². The molecule has 3 rings (SSSR count). The zero-order valence-electron chi connectivity index (χ0n) is 13.8. The number of esters is 1. The van der Waals surface area contributed by atoms with Crippen LogP contribution >= 0.6 is 0 Å². The maximum atomic E-state index is 11.8. The Kier molecular flexibility index (Phi) is 4.89. The van der Waals surface area contributed by atoms with E-state index < -0.39 is 10.9 Å². The summed E-state index contributed by atoms with van der Waals surface area (Å²) < 4.78 is 10.2. The Bertz CT molecular complexity index is 960. The van der Waals surface area contributed by atoms with Crippen molar-refractivity contribution in [1.82, 2.24) is 0 Å². The van der Waals surface area contributed by atoms with Gasteiger partial charge in [-0.1, -0.05) is 6.07 Å². The van der Waals surface area contributed by atoms with E-state index in [1.165, 1.54) is 24.5 Å². The number of rotatable bonds is 5. The van der Waals surface area contributed by atoms with Crippen molar-refractivity contribution in [3.63, 3.8) is 0 Å². The predicted molar refractivity (Wildman–Crippen MR) is 95.2 cm³/mol. The zero-order valence-corrected chi connectivity index (χ0v) is 13.8. The van der Waals surface area contributed by atoms with Crippen LogP contribution < -0.4 is 4.74 Å². The van der Waals surface area contributed by atoms with Gasteiger partial charge in [-0.05, 0) is 54.4 Å². The van der Waals surface area contributed by atoms with Gasteiger partial charge in [0.25, 0.3) is 5.69 Å². The maximum Gasteiger partial charge on any atom is 0.379 e. The minimum absolute atomic E-state index is 0.0112. The molecule has 0 saturated carbocycles. The van der Waals surface area contributed by atoms with Crippen molar-refractivity contribution in [1.29, 1.82) is 0 Å². The first-order chi connectivity index (χ1) is 12.5. The number of carbonyl (C=O) groups is 1. The number of ether oxygens (including phenoxy) is 1. The van der Waals surface area contributed by atoms with E-state index in [0.29, 0.717) is 11.4 Å². The molecule has 7 nitrogen and oxygen atoms in total. The zero-order chi connectivity index (χ0) is 18.5. The lowest BCUT2D eigenvalue weighted by molar-refractivity contribution is -0.384. The van der Waals surface area contributed by atoms with Crippen molar-refractivity contribution >= 4 is 23.6 Å². The SMILES string of the molecule is Cc1ccc([N+](=O)[O-])cc1N=Cc1ccc(OC(=O)c2ccco2)cc1. The Labute approximate surface area is 148 Å². The smallest absolute Gasteiger partial charge is 0.379 e. The van der Waals surface area contributed by atoms with E-state index in [-0.39, 0.29) is 11.4 Å². The molecule has 1 aromatic heterocycles. The molecule has 0 radical (unpaired) electrons. The number of furan rings is 1. The molecule has 0 atom stereocenters. The highest BCUT2D eigenvalue weighted by molar-refractivity contribution is 5.88. The Morgan fingerprint density at radius 2 is 1.96 bits per heavy atom. The van der Waals surface area contributed by atoms with Crippen LogP contribution in [0.2, 0.25) is 0 Å². The number of nitrogens with zero attached hydrogens (tertiary/aromatic N) is 2. The quantitative estimate of drug-likeness (QED) is 0.222. The lowest BCUT2D eigenvalue weighted by atomic mass is 10.2. The fraction of sp³-hybridized carbons (Fsp3) is 0.0526. The van der Waals surface area contributed by atoms with Crippen molar-refractivity contribution in [3.05, 3.63) is 87.9 Å². The predicted octanol–water partition coefficient (Wildman–Crippen LogP) is 4.47. The molecule has 1 heterocycles. The van der Waals surface area contributed by atoms with Gasteiger partial charge in [-0.3, -0.25) is 15.1 Å². The summed E-state index contributed by atoms with van der Waals surface area (Å²) in [5.41, 5.74) is 2.10. The monoisotopic (exact) mass is 350 g/mol. The topological polar surface area (TPSA) is 94.9 Å². The number of aryl methyl sites for hydroxylation is 1. The molecule has 3 aromatic rings. The number of benzene rings is 2. The fourth-order valence-corrected chi connectivity index (χ4v) is 2.17. The number of carbonyl (C=O) groups excluding carboxylic acids is 1. The fourth-order valence-electron chi connectivity index (χ4n) is 2.17. The average Bonchev–Trinajstić information content (AvgIpc) is 3.17. The van der Waals surface area contributed by atoms with E-state index >= 15 is 0 Å². The average molecular weight is 350 g/mol. The summed E-state index contributed by atoms with van der Waals surface area (Å²) in [4.78, 5) is 26.5. The first kappa shape index (κ1) is 17.1. The molecule has 0 spiro atoms. The second kappa shape index (κ2) is 7.43. The van der Waals surface area contributed by atoms with Crippen molar-refractivity contribution in [3.8, 4) is 5.75 Å². The van der Waals surface area contributed by atoms with E-state index in [9.17, 15) is 14.9 Å². The van der Waals surface area contributed by atoms with Crippen molar-refractivity contribution in [2.24, 2.45) is 4.99 Å². The number of non-ortho nitro benzene ring substituents is 1. The minimum atomic E-state index is -0.580. The summed E-state index contributed by atoms with van der Waals surface area (Å²) in [6.07, 6.45) is 2.98. The summed E-state index contributed by atoms with van der Waals surface area (Å²) >= 11 is 0. The van der Waals surface area contributed by atoms with Gasteiger partial charge in [0, 0.05) is 18.3 Å². The molecule has 0 unspecified atom stereocenters. The Morgan fingerprint density at radius 3 is 2.62 bits per heavy atom. The van der Waals surface area contributed by atoms with Gasteiger partial charge in [-0.25, -0.2) is 4.79 Å². The highest BCUT2D eigenvalue weighted by Crippen LogP contribution is 2.24. The third-order valence-corrected chi connectivity index (χ3v) is 3.57. The minimum Gasteiger partial charge on any atom is -0.457 e.